The van der Waals surface area contributed by atoms with Crippen molar-refractivity contribution >= 4 is 29.3 Å². The topological polar surface area (TPSA) is 65.8 Å². The summed E-state index contributed by atoms with van der Waals surface area (Å²) in [5, 5.41) is 1.08. The molecule has 28 heavy (non-hydrogen) atoms. The van der Waals surface area contributed by atoms with Crippen molar-refractivity contribution in [2.24, 2.45) is 20.9 Å². The van der Waals surface area contributed by atoms with Gasteiger partial charge in [-0.05, 0) is 43.4 Å². The average molecular weight is 374 g/mol. The maximum Gasteiger partial charge on any atom is 0.155 e. The van der Waals surface area contributed by atoms with Crippen LogP contribution in [0.15, 0.2) is 57.2 Å². The van der Waals surface area contributed by atoms with E-state index in [4.69, 9.17) is 9.98 Å². The molecule has 0 unspecified atom stereocenters. The summed E-state index contributed by atoms with van der Waals surface area (Å²) in [6.45, 7) is 6.40. The summed E-state index contributed by atoms with van der Waals surface area (Å²) in [7, 11) is 0. The number of hydrogen-bond donors (Lipinski definition) is 1. The van der Waals surface area contributed by atoms with Gasteiger partial charge in [0.05, 0.1) is 6.54 Å². The molecule has 1 N–H and O–H groups in total. The fraction of sp³-hybridized carbons (Fsp3) is 0.391. The molecule has 1 aliphatic heterocycles. The van der Waals surface area contributed by atoms with E-state index in [-0.39, 0.29) is 0 Å². The van der Waals surface area contributed by atoms with Crippen molar-refractivity contribution in [3.05, 3.63) is 53.5 Å². The number of rotatable bonds is 5. The van der Waals surface area contributed by atoms with Crippen LogP contribution in [0.1, 0.15) is 49.8 Å². The smallest absolute Gasteiger partial charge is 0.155 e. The number of nitrogens with zero attached hydrogens (tertiary/aromatic N) is 4. The molecule has 2 aliphatic rings. The molecular formula is C23H27N5. The quantitative estimate of drug-likeness (QED) is 0.721. The van der Waals surface area contributed by atoms with Gasteiger partial charge in [-0.3, -0.25) is 9.98 Å². The first-order chi connectivity index (χ1) is 13.8. The van der Waals surface area contributed by atoms with Gasteiger partial charge in [0.1, 0.15) is 5.65 Å². The second-order valence-corrected chi connectivity index (χ2v) is 7.57. The molecule has 4 rings (SSSR count). The molecule has 2 aromatic heterocycles. The van der Waals surface area contributed by atoms with Gasteiger partial charge in [0, 0.05) is 47.9 Å². The molecule has 144 valence electrons. The lowest BCUT2D eigenvalue weighted by Gasteiger charge is -2.26. The van der Waals surface area contributed by atoms with Crippen molar-refractivity contribution in [2.45, 2.75) is 45.4 Å². The van der Waals surface area contributed by atoms with E-state index in [1.165, 1.54) is 43.3 Å². The van der Waals surface area contributed by atoms with Gasteiger partial charge in [-0.25, -0.2) is 9.98 Å². The number of aliphatic imine (C=N–C) groups is 3. The van der Waals surface area contributed by atoms with Crippen molar-refractivity contribution in [2.75, 3.05) is 6.54 Å². The van der Waals surface area contributed by atoms with E-state index in [1.807, 2.05) is 31.6 Å². The predicted octanol–water partition coefficient (Wildman–Crippen LogP) is 5.18. The third-order valence-corrected chi connectivity index (χ3v) is 5.68. The van der Waals surface area contributed by atoms with Gasteiger partial charge in [-0.15, -0.1) is 0 Å². The Balaban J connectivity index is 1.63. The zero-order valence-electron chi connectivity index (χ0n) is 16.5. The first-order valence-corrected chi connectivity index (χ1v) is 10.1. The Morgan fingerprint density at radius 3 is 2.93 bits per heavy atom. The number of aromatic nitrogens is 2. The summed E-state index contributed by atoms with van der Waals surface area (Å²) < 4.78 is 0. The third kappa shape index (κ3) is 3.88. The molecular weight excluding hydrogens is 346 g/mol. The van der Waals surface area contributed by atoms with E-state index >= 15 is 0 Å². The number of H-pyrrole nitrogens is 1. The minimum Gasteiger partial charge on any atom is -0.344 e. The first kappa shape index (κ1) is 18.5. The molecule has 0 atom stereocenters. The number of pyridine rings is 1. The van der Waals surface area contributed by atoms with E-state index in [0.29, 0.717) is 12.5 Å². The van der Waals surface area contributed by atoms with Crippen molar-refractivity contribution in [1.29, 1.82) is 0 Å². The number of nitrogens with one attached hydrogen (secondary N) is 1. The maximum atomic E-state index is 4.84. The monoisotopic (exact) mass is 373 g/mol. The molecule has 0 bridgehead atoms. The van der Waals surface area contributed by atoms with Gasteiger partial charge in [0.2, 0.25) is 0 Å². The Kier molecular flexibility index (Phi) is 5.60. The van der Waals surface area contributed by atoms with E-state index in [9.17, 15) is 0 Å². The van der Waals surface area contributed by atoms with Gasteiger partial charge in [-0.1, -0.05) is 31.4 Å². The molecule has 5 nitrogen and oxygen atoms in total. The number of aromatic amines is 1. The Morgan fingerprint density at radius 1 is 1.32 bits per heavy atom. The van der Waals surface area contributed by atoms with Gasteiger partial charge in [0.25, 0.3) is 0 Å². The Hall–Kier alpha value is -2.82. The van der Waals surface area contributed by atoms with Crippen LogP contribution in [0.3, 0.4) is 0 Å². The van der Waals surface area contributed by atoms with E-state index in [2.05, 4.69) is 27.6 Å². The van der Waals surface area contributed by atoms with Crippen LogP contribution in [-0.4, -0.2) is 34.8 Å². The minimum absolute atomic E-state index is 0.628. The second-order valence-electron chi connectivity index (χ2n) is 7.57. The lowest BCUT2D eigenvalue weighted by Crippen LogP contribution is -2.16. The average Bonchev–Trinajstić information content (AvgIpc) is 3.12. The normalized spacial score (nSPS) is 20.0. The molecule has 0 radical (unpaired) electrons. The van der Waals surface area contributed by atoms with E-state index < -0.39 is 0 Å². The highest BCUT2D eigenvalue weighted by Crippen LogP contribution is 2.33. The zero-order chi connectivity index (χ0) is 19.3. The number of amidine groups is 1. The summed E-state index contributed by atoms with van der Waals surface area (Å²) in [5.74, 6) is 1.42. The molecule has 0 spiro atoms. The fourth-order valence-electron chi connectivity index (χ4n) is 4.31. The van der Waals surface area contributed by atoms with Gasteiger partial charge in [0.15, 0.2) is 5.84 Å². The summed E-state index contributed by atoms with van der Waals surface area (Å²) in [4.78, 5) is 21.5. The molecule has 1 aliphatic carbocycles. The van der Waals surface area contributed by atoms with Crippen molar-refractivity contribution < 1.29 is 0 Å². The van der Waals surface area contributed by atoms with Gasteiger partial charge in [-0.2, -0.15) is 0 Å². The number of hydrogen-bond acceptors (Lipinski definition) is 4. The Labute approximate surface area is 166 Å². The highest BCUT2D eigenvalue weighted by molar-refractivity contribution is 6.13. The SMILES string of the molecule is C=CN=CC/C(=C1/C=NC(c2ccnc3[nH]c(C)cc23)=NC1)C1CCCCC1. The van der Waals surface area contributed by atoms with Gasteiger partial charge < -0.3 is 4.98 Å². The largest absolute Gasteiger partial charge is 0.344 e. The fourth-order valence-corrected chi connectivity index (χ4v) is 4.31. The van der Waals surface area contributed by atoms with E-state index in [0.717, 1.165) is 34.5 Å². The van der Waals surface area contributed by atoms with Crippen LogP contribution in [-0.2, 0) is 0 Å². The van der Waals surface area contributed by atoms with Crippen molar-refractivity contribution in [1.82, 2.24) is 9.97 Å². The Bertz CT molecular complexity index is 984. The summed E-state index contributed by atoms with van der Waals surface area (Å²) >= 11 is 0. The lowest BCUT2D eigenvalue weighted by molar-refractivity contribution is 0.399. The third-order valence-electron chi connectivity index (χ3n) is 5.68. The zero-order valence-corrected chi connectivity index (χ0v) is 16.5. The van der Waals surface area contributed by atoms with Crippen LogP contribution < -0.4 is 0 Å². The number of aryl methyl sites for hydroxylation is 1. The second kappa shape index (κ2) is 8.46. The van der Waals surface area contributed by atoms with Crippen LogP contribution in [0.4, 0.5) is 0 Å². The molecule has 0 aromatic carbocycles. The maximum absolute atomic E-state index is 4.84. The van der Waals surface area contributed by atoms with Crippen molar-refractivity contribution in [3.63, 3.8) is 0 Å². The van der Waals surface area contributed by atoms with Crippen LogP contribution in [0, 0.1) is 12.8 Å². The molecule has 1 saturated carbocycles. The van der Waals surface area contributed by atoms with Crippen LogP contribution in [0.25, 0.3) is 11.0 Å². The highest BCUT2D eigenvalue weighted by atomic mass is 14.9. The number of allylic oxidation sites excluding steroid dienone is 1. The van der Waals surface area contributed by atoms with Crippen LogP contribution in [0.5, 0.6) is 0 Å². The molecule has 5 heteroatoms. The van der Waals surface area contributed by atoms with Crippen LogP contribution >= 0.6 is 0 Å². The molecule has 1 fully saturated rings. The van der Waals surface area contributed by atoms with Gasteiger partial charge >= 0.3 is 0 Å². The number of fused-ring (bicyclic) bond motifs is 1. The lowest BCUT2D eigenvalue weighted by atomic mass is 9.80. The molecule has 2 aromatic rings. The molecule has 0 amide bonds. The summed E-state index contributed by atoms with van der Waals surface area (Å²) in [6.07, 6.45) is 14.8. The highest BCUT2D eigenvalue weighted by Gasteiger charge is 2.21. The first-order valence-electron chi connectivity index (χ1n) is 10.1. The molecule has 3 heterocycles. The van der Waals surface area contributed by atoms with Crippen molar-refractivity contribution in [3.8, 4) is 0 Å². The Morgan fingerprint density at radius 2 is 2.18 bits per heavy atom. The van der Waals surface area contributed by atoms with E-state index in [1.54, 1.807) is 6.20 Å². The minimum atomic E-state index is 0.628. The summed E-state index contributed by atoms with van der Waals surface area (Å²) in [5.41, 5.74) is 5.72. The summed E-state index contributed by atoms with van der Waals surface area (Å²) in [6, 6.07) is 4.11. The predicted molar refractivity (Wildman–Crippen MR) is 118 cm³/mol. The standard InChI is InChI=1S/C23H27N5/c1-3-24-11-9-19(17-7-5-4-6-8-17)18-14-26-22(27-15-18)20-10-12-25-23-21(20)13-16(2)28-23/h3,10-14,17H,1,4-9,15H2,2H3,(H,25,28)/b19-18+,24-11?. The molecule has 0 saturated heterocycles. The van der Waals surface area contributed by atoms with Crippen LogP contribution in [0.2, 0.25) is 0 Å².